The van der Waals surface area contributed by atoms with Crippen LogP contribution in [0, 0.1) is 12.8 Å². The van der Waals surface area contributed by atoms with Crippen molar-refractivity contribution in [2.75, 3.05) is 11.6 Å². The van der Waals surface area contributed by atoms with Gasteiger partial charge in [-0.2, -0.15) is 0 Å². The Morgan fingerprint density at radius 2 is 2.10 bits per heavy atom. The van der Waals surface area contributed by atoms with E-state index in [1.807, 2.05) is 11.8 Å². The molecule has 0 saturated heterocycles. The molecule has 0 amide bonds. The molecule has 0 saturated carbocycles. The van der Waals surface area contributed by atoms with Gasteiger partial charge in [-0.1, -0.05) is 25.1 Å². The van der Waals surface area contributed by atoms with Crippen LogP contribution < -0.4 is 5.32 Å². The minimum Gasteiger partial charge on any atom is -0.378 e. The van der Waals surface area contributed by atoms with Gasteiger partial charge in [-0.05, 0) is 63.5 Å². The molecule has 1 aliphatic heterocycles. The zero-order chi connectivity index (χ0) is 15.1. The Kier molecular flexibility index (Phi) is 4.24. The summed E-state index contributed by atoms with van der Waals surface area (Å²) in [5, 5.41) is 3.78. The summed E-state index contributed by atoms with van der Waals surface area (Å²) in [5.74, 6) is 1.11. The number of fused-ring (bicyclic) bond motifs is 1. The van der Waals surface area contributed by atoms with Crippen LogP contribution in [0.15, 0.2) is 29.2 Å². The fourth-order valence-electron chi connectivity index (χ4n) is 3.19. The zero-order valence-electron chi connectivity index (χ0n) is 13.6. The number of benzene rings is 1. The molecule has 1 N–H and O–H groups in total. The molecule has 0 radical (unpaired) electrons. The summed E-state index contributed by atoms with van der Waals surface area (Å²) >= 11 is 1.83. The van der Waals surface area contributed by atoms with E-state index >= 15 is 0 Å². The van der Waals surface area contributed by atoms with Gasteiger partial charge >= 0.3 is 0 Å². The summed E-state index contributed by atoms with van der Waals surface area (Å²) in [4.78, 5) is 1.36. The average molecular weight is 289 g/mol. The number of anilines is 1. The van der Waals surface area contributed by atoms with E-state index < -0.39 is 0 Å². The highest BCUT2D eigenvalue weighted by Gasteiger charge is 2.41. The van der Waals surface area contributed by atoms with E-state index in [1.54, 1.807) is 0 Å². The molecule has 0 aromatic heterocycles. The van der Waals surface area contributed by atoms with Crippen LogP contribution >= 0.6 is 11.8 Å². The maximum Gasteiger partial charge on any atom is 0.0521 e. The van der Waals surface area contributed by atoms with Gasteiger partial charge in [-0.25, -0.2) is 0 Å². The van der Waals surface area contributed by atoms with Crippen molar-refractivity contribution in [1.29, 1.82) is 0 Å². The van der Waals surface area contributed by atoms with Crippen molar-refractivity contribution in [3.8, 4) is 0 Å². The van der Waals surface area contributed by atoms with Crippen LogP contribution in [-0.4, -0.2) is 11.8 Å². The highest BCUT2D eigenvalue weighted by Crippen LogP contribution is 2.50. The smallest absolute Gasteiger partial charge is 0.0521 e. The average Bonchev–Trinajstić information content (AvgIpc) is 2.62. The SMILES string of the molecule is C=C(C)C(C)CC1c2c(C)ccc(SC)c2NC1(C)C. The third-order valence-electron chi connectivity index (χ3n) is 4.74. The monoisotopic (exact) mass is 289 g/mol. The van der Waals surface area contributed by atoms with E-state index in [0.717, 1.165) is 0 Å². The van der Waals surface area contributed by atoms with E-state index in [0.29, 0.717) is 11.8 Å². The molecule has 1 aromatic rings. The molecule has 0 bridgehead atoms. The van der Waals surface area contributed by atoms with E-state index in [2.05, 4.69) is 64.9 Å². The largest absolute Gasteiger partial charge is 0.378 e. The third kappa shape index (κ3) is 2.63. The van der Waals surface area contributed by atoms with Gasteiger partial charge in [-0.15, -0.1) is 11.8 Å². The standard InChI is InChI=1S/C18H27NS/c1-11(2)13(4)10-14-16-12(3)8-9-15(20-7)17(16)19-18(14,5)6/h8-9,13-14,19H,1,10H2,2-7H3. The number of hydrogen-bond acceptors (Lipinski definition) is 2. The van der Waals surface area contributed by atoms with Crippen molar-refractivity contribution in [1.82, 2.24) is 0 Å². The van der Waals surface area contributed by atoms with Crippen LogP contribution in [0.2, 0.25) is 0 Å². The van der Waals surface area contributed by atoms with Gasteiger partial charge in [0.25, 0.3) is 0 Å². The normalized spacial score (nSPS) is 21.2. The lowest BCUT2D eigenvalue weighted by Gasteiger charge is -2.30. The zero-order valence-corrected chi connectivity index (χ0v) is 14.4. The molecule has 20 heavy (non-hydrogen) atoms. The summed E-state index contributed by atoms with van der Waals surface area (Å²) < 4.78 is 0. The van der Waals surface area contributed by atoms with Gasteiger partial charge in [0.2, 0.25) is 0 Å². The molecule has 2 heteroatoms. The lowest BCUT2D eigenvalue weighted by Crippen LogP contribution is -2.33. The summed E-state index contributed by atoms with van der Waals surface area (Å²) in [6.07, 6.45) is 3.32. The first-order chi connectivity index (χ1) is 9.27. The van der Waals surface area contributed by atoms with Crippen molar-refractivity contribution in [3.63, 3.8) is 0 Å². The fourth-order valence-corrected chi connectivity index (χ4v) is 3.76. The molecule has 0 spiro atoms. The minimum atomic E-state index is 0.114. The highest BCUT2D eigenvalue weighted by molar-refractivity contribution is 7.98. The molecule has 1 aliphatic rings. The first-order valence-electron chi connectivity index (χ1n) is 7.39. The number of nitrogens with one attached hydrogen (secondary N) is 1. The van der Waals surface area contributed by atoms with Gasteiger partial charge < -0.3 is 5.32 Å². The second-order valence-corrected chi connectivity index (χ2v) is 7.60. The first kappa shape index (κ1) is 15.5. The molecule has 0 fully saturated rings. The third-order valence-corrected chi connectivity index (χ3v) is 5.52. The van der Waals surface area contributed by atoms with Gasteiger partial charge in [0, 0.05) is 16.4 Å². The molecule has 2 unspecified atom stereocenters. The van der Waals surface area contributed by atoms with Gasteiger partial charge in [0.1, 0.15) is 0 Å². The Balaban J connectivity index is 2.47. The lowest BCUT2D eigenvalue weighted by atomic mass is 9.77. The van der Waals surface area contributed by atoms with Crippen LogP contribution in [-0.2, 0) is 0 Å². The Morgan fingerprint density at radius 3 is 2.65 bits per heavy atom. The summed E-state index contributed by atoms with van der Waals surface area (Å²) in [5.41, 5.74) is 5.70. The topological polar surface area (TPSA) is 12.0 Å². The Morgan fingerprint density at radius 1 is 1.45 bits per heavy atom. The van der Waals surface area contributed by atoms with Crippen LogP contribution in [0.3, 0.4) is 0 Å². The maximum absolute atomic E-state index is 4.13. The predicted octanol–water partition coefficient (Wildman–Crippen LogP) is 5.61. The van der Waals surface area contributed by atoms with Crippen molar-refractivity contribution in [3.05, 3.63) is 35.4 Å². The summed E-state index contributed by atoms with van der Waals surface area (Å²) in [6.45, 7) is 15.5. The molecule has 1 nitrogen and oxygen atoms in total. The number of rotatable bonds is 4. The summed E-state index contributed by atoms with van der Waals surface area (Å²) in [6, 6.07) is 4.51. The Bertz CT molecular complexity index is 530. The summed E-state index contributed by atoms with van der Waals surface area (Å²) in [7, 11) is 0. The molecule has 1 aromatic carbocycles. The van der Waals surface area contributed by atoms with E-state index in [9.17, 15) is 0 Å². The van der Waals surface area contributed by atoms with Crippen LogP contribution in [0.1, 0.15) is 51.2 Å². The van der Waals surface area contributed by atoms with Gasteiger partial charge in [-0.3, -0.25) is 0 Å². The van der Waals surface area contributed by atoms with Crippen LogP contribution in [0.4, 0.5) is 5.69 Å². The second kappa shape index (κ2) is 5.48. The number of allylic oxidation sites excluding steroid dienone is 1. The number of aryl methyl sites for hydroxylation is 1. The Hall–Kier alpha value is -0.890. The molecule has 110 valence electrons. The maximum atomic E-state index is 4.13. The highest BCUT2D eigenvalue weighted by atomic mass is 32.2. The van der Waals surface area contributed by atoms with E-state index in [4.69, 9.17) is 0 Å². The van der Waals surface area contributed by atoms with Crippen molar-refractivity contribution in [2.24, 2.45) is 5.92 Å². The van der Waals surface area contributed by atoms with Gasteiger partial charge in [0.15, 0.2) is 0 Å². The predicted molar refractivity (Wildman–Crippen MR) is 92.0 cm³/mol. The second-order valence-electron chi connectivity index (χ2n) is 6.76. The number of hydrogen-bond donors (Lipinski definition) is 1. The minimum absolute atomic E-state index is 0.114. The van der Waals surface area contributed by atoms with Crippen molar-refractivity contribution < 1.29 is 0 Å². The van der Waals surface area contributed by atoms with Gasteiger partial charge in [0.05, 0.1) is 5.69 Å². The quantitative estimate of drug-likeness (QED) is 0.571. The van der Waals surface area contributed by atoms with E-state index in [1.165, 1.54) is 33.7 Å². The Labute approximate surface area is 128 Å². The fraction of sp³-hybridized carbons (Fsp3) is 0.556. The van der Waals surface area contributed by atoms with Crippen molar-refractivity contribution in [2.45, 2.75) is 57.4 Å². The molecule has 1 heterocycles. The molecular weight excluding hydrogens is 262 g/mol. The molecular formula is C18H27NS. The number of thioether (sulfide) groups is 1. The van der Waals surface area contributed by atoms with Crippen LogP contribution in [0.25, 0.3) is 0 Å². The molecule has 0 aliphatic carbocycles. The van der Waals surface area contributed by atoms with Crippen molar-refractivity contribution >= 4 is 17.4 Å². The van der Waals surface area contributed by atoms with E-state index in [-0.39, 0.29) is 5.54 Å². The molecule has 2 rings (SSSR count). The van der Waals surface area contributed by atoms with Crippen LogP contribution in [0.5, 0.6) is 0 Å². The lowest BCUT2D eigenvalue weighted by molar-refractivity contribution is 0.404. The molecule has 2 atom stereocenters. The first-order valence-corrected chi connectivity index (χ1v) is 8.61.